The first-order chi connectivity index (χ1) is 16.4. The first-order valence-electron chi connectivity index (χ1n) is 12.0. The molecule has 0 saturated carbocycles. The van der Waals surface area contributed by atoms with Gasteiger partial charge >= 0.3 is 0 Å². The van der Waals surface area contributed by atoms with E-state index in [1.807, 2.05) is 18.2 Å². The molecule has 2 atom stereocenters. The van der Waals surface area contributed by atoms with Gasteiger partial charge in [0.15, 0.2) is 0 Å². The summed E-state index contributed by atoms with van der Waals surface area (Å²) >= 11 is 0. The van der Waals surface area contributed by atoms with Gasteiger partial charge in [0.1, 0.15) is 11.5 Å². The van der Waals surface area contributed by atoms with Crippen LogP contribution in [-0.4, -0.2) is 19.4 Å². The summed E-state index contributed by atoms with van der Waals surface area (Å²) in [5, 5.41) is 3.67. The molecule has 0 radical (unpaired) electrons. The maximum atomic E-state index is 13.7. The normalized spacial score (nSPS) is 21.0. The monoisotopic (exact) mass is 452 g/mol. The Morgan fingerprint density at radius 1 is 0.971 bits per heavy atom. The first kappa shape index (κ1) is 22.3. The number of rotatable bonds is 5. The van der Waals surface area contributed by atoms with Gasteiger partial charge < -0.3 is 15.0 Å². The number of allylic oxidation sites excluding steroid dienone is 1. The summed E-state index contributed by atoms with van der Waals surface area (Å²) in [4.78, 5) is 16.2. The zero-order chi connectivity index (χ0) is 23.7. The van der Waals surface area contributed by atoms with Crippen molar-refractivity contribution < 1.29 is 9.53 Å². The zero-order valence-electron chi connectivity index (χ0n) is 20.1. The van der Waals surface area contributed by atoms with Gasteiger partial charge in [-0.15, -0.1) is 0 Å². The average Bonchev–Trinajstić information content (AvgIpc) is 2.97. The van der Waals surface area contributed by atoms with Crippen molar-refractivity contribution in [2.24, 2.45) is 11.3 Å². The van der Waals surface area contributed by atoms with Crippen molar-refractivity contribution in [2.75, 3.05) is 23.9 Å². The van der Waals surface area contributed by atoms with E-state index in [1.165, 1.54) is 5.56 Å². The number of benzene rings is 3. The number of Topliss-reactive ketones (excluding diaryl/α,β-unsaturated/α-hetero) is 1. The highest BCUT2D eigenvalue weighted by Gasteiger charge is 2.44. The van der Waals surface area contributed by atoms with Crippen molar-refractivity contribution in [1.82, 2.24) is 0 Å². The lowest BCUT2D eigenvalue weighted by molar-refractivity contribution is -0.124. The Morgan fingerprint density at radius 2 is 1.68 bits per heavy atom. The van der Waals surface area contributed by atoms with E-state index in [-0.39, 0.29) is 23.2 Å². The van der Waals surface area contributed by atoms with Crippen molar-refractivity contribution in [3.63, 3.8) is 0 Å². The number of hydrogen-bond acceptors (Lipinski definition) is 4. The van der Waals surface area contributed by atoms with E-state index in [4.69, 9.17) is 4.74 Å². The van der Waals surface area contributed by atoms with E-state index in [9.17, 15) is 4.79 Å². The molecule has 0 aromatic heterocycles. The predicted octanol–water partition coefficient (Wildman–Crippen LogP) is 6.41. The standard InChI is InChI=1S/C30H32N2O2/c1-30(2)19-25-28(27(33)20-30)29(22-13-15-23(34-3)16-14-22)32(18-17-21-9-5-4-6-10-21)26-12-8-7-11-24(26)31-25/h4-16,19,28-29,31H,17-18,20H2,1-3H3/t28-,29+/m0/s1. The van der Waals surface area contributed by atoms with Crippen LogP contribution in [0.3, 0.4) is 0 Å². The molecule has 5 rings (SSSR count). The number of nitrogens with one attached hydrogen (secondary N) is 1. The smallest absolute Gasteiger partial charge is 0.145 e. The second-order valence-electron chi connectivity index (χ2n) is 10.00. The van der Waals surface area contributed by atoms with E-state index in [0.717, 1.165) is 41.4 Å². The minimum Gasteiger partial charge on any atom is -0.497 e. The summed E-state index contributed by atoms with van der Waals surface area (Å²) < 4.78 is 5.42. The lowest BCUT2D eigenvalue weighted by Crippen LogP contribution is -2.41. The van der Waals surface area contributed by atoms with Crippen molar-refractivity contribution in [3.8, 4) is 5.75 Å². The van der Waals surface area contributed by atoms with Crippen LogP contribution >= 0.6 is 0 Å². The Labute approximate surface area is 202 Å². The van der Waals surface area contributed by atoms with Crippen LogP contribution in [0.4, 0.5) is 11.4 Å². The minimum absolute atomic E-state index is 0.111. The first-order valence-corrected chi connectivity index (χ1v) is 12.0. The molecule has 0 unspecified atom stereocenters. The van der Waals surface area contributed by atoms with E-state index >= 15 is 0 Å². The number of carbonyl (C=O) groups is 1. The summed E-state index contributed by atoms with van der Waals surface area (Å²) in [5.41, 5.74) is 5.42. The predicted molar refractivity (Wildman–Crippen MR) is 138 cm³/mol. The summed E-state index contributed by atoms with van der Waals surface area (Å²) in [6.45, 7) is 5.09. The number of ketones is 1. The molecule has 1 aliphatic heterocycles. The van der Waals surface area contributed by atoms with Gasteiger partial charge in [-0.25, -0.2) is 0 Å². The Morgan fingerprint density at radius 3 is 2.41 bits per heavy atom. The third kappa shape index (κ3) is 4.33. The van der Waals surface area contributed by atoms with Crippen LogP contribution < -0.4 is 15.0 Å². The fourth-order valence-corrected chi connectivity index (χ4v) is 5.40. The molecule has 2 aliphatic rings. The second kappa shape index (κ2) is 9.02. The van der Waals surface area contributed by atoms with Crippen molar-refractivity contribution in [2.45, 2.75) is 32.7 Å². The number of fused-ring (bicyclic) bond motifs is 2. The summed E-state index contributed by atoms with van der Waals surface area (Å²) in [5.74, 6) is 0.844. The number of ether oxygens (including phenoxy) is 1. The summed E-state index contributed by atoms with van der Waals surface area (Å²) in [7, 11) is 1.68. The molecule has 1 N–H and O–H groups in total. The van der Waals surface area contributed by atoms with Gasteiger partial charge in [0.2, 0.25) is 0 Å². The molecule has 0 saturated heterocycles. The zero-order valence-corrected chi connectivity index (χ0v) is 20.1. The fraction of sp³-hybridized carbons (Fsp3) is 0.300. The van der Waals surface area contributed by atoms with Gasteiger partial charge in [0, 0.05) is 18.7 Å². The third-order valence-electron chi connectivity index (χ3n) is 6.94. The highest BCUT2D eigenvalue weighted by atomic mass is 16.5. The topological polar surface area (TPSA) is 41.6 Å². The lowest BCUT2D eigenvalue weighted by atomic mass is 9.72. The van der Waals surface area contributed by atoms with Gasteiger partial charge in [-0.05, 0) is 47.2 Å². The van der Waals surface area contributed by atoms with Gasteiger partial charge in [-0.2, -0.15) is 0 Å². The molecule has 0 spiro atoms. The van der Waals surface area contributed by atoms with Crippen LogP contribution in [0.2, 0.25) is 0 Å². The molecular weight excluding hydrogens is 420 g/mol. The SMILES string of the molecule is COc1ccc([C@@H]2[C@@H]3C(=O)CC(C)(C)C=C3Nc3ccccc3N2CCc2ccccc2)cc1. The van der Waals surface area contributed by atoms with Gasteiger partial charge in [-0.3, -0.25) is 4.79 Å². The van der Waals surface area contributed by atoms with Gasteiger partial charge in [-0.1, -0.05) is 74.5 Å². The molecule has 3 aromatic rings. The van der Waals surface area contributed by atoms with Crippen LogP contribution in [0.15, 0.2) is 90.6 Å². The molecule has 34 heavy (non-hydrogen) atoms. The average molecular weight is 453 g/mol. The van der Waals surface area contributed by atoms with Gasteiger partial charge in [0.25, 0.3) is 0 Å². The van der Waals surface area contributed by atoms with Crippen LogP contribution in [0, 0.1) is 11.3 Å². The molecule has 0 fully saturated rings. The highest BCUT2D eigenvalue weighted by molar-refractivity contribution is 5.90. The number of para-hydroxylation sites is 2. The summed E-state index contributed by atoms with van der Waals surface area (Å²) in [6.07, 6.45) is 3.71. The highest BCUT2D eigenvalue weighted by Crippen LogP contribution is 2.48. The number of methoxy groups -OCH3 is 1. The Kier molecular flexibility index (Phi) is 5.91. The molecule has 0 bridgehead atoms. The van der Waals surface area contributed by atoms with Crippen molar-refractivity contribution in [3.05, 3.63) is 102 Å². The number of carbonyl (C=O) groups excluding carboxylic acids is 1. The van der Waals surface area contributed by atoms with Gasteiger partial charge in [0.05, 0.1) is 30.4 Å². The molecule has 1 heterocycles. The molecule has 0 amide bonds. The van der Waals surface area contributed by atoms with E-state index in [2.05, 4.69) is 90.8 Å². The number of anilines is 2. The number of nitrogens with zero attached hydrogens (tertiary/aromatic N) is 1. The van der Waals surface area contributed by atoms with Crippen molar-refractivity contribution >= 4 is 17.2 Å². The maximum absolute atomic E-state index is 13.7. The third-order valence-corrected chi connectivity index (χ3v) is 6.94. The van der Waals surface area contributed by atoms with Crippen LogP contribution in [0.5, 0.6) is 5.75 Å². The fourth-order valence-electron chi connectivity index (χ4n) is 5.40. The van der Waals surface area contributed by atoms with E-state index in [1.54, 1.807) is 7.11 Å². The minimum atomic E-state index is -0.260. The van der Waals surface area contributed by atoms with Crippen LogP contribution in [-0.2, 0) is 11.2 Å². The quantitative estimate of drug-likeness (QED) is 0.486. The van der Waals surface area contributed by atoms with Crippen molar-refractivity contribution in [1.29, 1.82) is 0 Å². The summed E-state index contributed by atoms with van der Waals surface area (Å²) in [6, 6.07) is 27.1. The van der Waals surface area contributed by atoms with E-state index < -0.39 is 0 Å². The molecule has 174 valence electrons. The van der Waals surface area contributed by atoms with Crippen LogP contribution in [0.1, 0.15) is 37.4 Å². The molecular formula is C30H32N2O2. The van der Waals surface area contributed by atoms with E-state index in [0.29, 0.717) is 6.42 Å². The Bertz CT molecular complexity index is 1200. The second-order valence-corrected chi connectivity index (χ2v) is 10.00. The Hall–Kier alpha value is -3.53. The largest absolute Gasteiger partial charge is 0.497 e. The maximum Gasteiger partial charge on any atom is 0.145 e. The molecule has 1 aliphatic carbocycles. The van der Waals surface area contributed by atoms with Crippen LogP contribution in [0.25, 0.3) is 0 Å². The molecule has 4 heteroatoms. The molecule has 3 aromatic carbocycles. The lowest BCUT2D eigenvalue weighted by Gasteiger charge is -2.40. The Balaban J connectivity index is 1.65. The molecule has 4 nitrogen and oxygen atoms in total. The number of hydrogen-bond donors (Lipinski definition) is 1.